The smallest absolute Gasteiger partial charge is 0.257 e. The molecular weight excluding hydrogens is 440 g/mol. The van der Waals surface area contributed by atoms with E-state index in [0.29, 0.717) is 34.3 Å². The molecule has 4 N–H and O–H groups in total. The molecule has 0 saturated carbocycles. The fourth-order valence-corrected chi connectivity index (χ4v) is 3.93. The Bertz CT molecular complexity index is 1540. The summed E-state index contributed by atoms with van der Waals surface area (Å²) in [7, 11) is 0. The van der Waals surface area contributed by atoms with Gasteiger partial charge in [-0.05, 0) is 42.7 Å². The number of nitrogens with two attached hydrogens (primary N) is 1. The maximum Gasteiger partial charge on any atom is 0.257 e. The Balaban J connectivity index is 1.48. The average Bonchev–Trinajstić information content (AvgIpc) is 3.15. The lowest BCUT2D eigenvalue weighted by molar-refractivity contribution is 0.0955. The van der Waals surface area contributed by atoms with Crippen LogP contribution >= 0.6 is 0 Å². The largest absolute Gasteiger partial charge is 0.507 e. The second kappa shape index (κ2) is 9.64. The van der Waals surface area contributed by atoms with Crippen molar-refractivity contribution in [3.05, 3.63) is 95.6 Å². The van der Waals surface area contributed by atoms with Crippen LogP contribution in [0.3, 0.4) is 0 Å². The summed E-state index contributed by atoms with van der Waals surface area (Å²) in [5.74, 6) is -0.122. The van der Waals surface area contributed by atoms with Crippen molar-refractivity contribution in [3.8, 4) is 5.75 Å². The molecule has 0 saturated heterocycles. The molecule has 5 rings (SSSR count). The molecule has 0 unspecified atom stereocenters. The summed E-state index contributed by atoms with van der Waals surface area (Å²) < 4.78 is 1.39. The molecule has 0 aliphatic heterocycles. The zero-order valence-corrected chi connectivity index (χ0v) is 18.9. The van der Waals surface area contributed by atoms with Gasteiger partial charge in [-0.1, -0.05) is 54.6 Å². The van der Waals surface area contributed by atoms with Crippen LogP contribution in [-0.4, -0.2) is 38.4 Å². The Morgan fingerprint density at radius 3 is 2.43 bits per heavy atom. The van der Waals surface area contributed by atoms with Gasteiger partial charge in [-0.25, -0.2) is 9.97 Å². The van der Waals surface area contributed by atoms with E-state index < -0.39 is 0 Å². The SMILES string of the molecule is Nc1c(C(=O)NCCCc2ccccc2)c2nc3ccccc3nc2n1/N=C/c1ccccc1O. The molecule has 0 spiro atoms. The van der Waals surface area contributed by atoms with Crippen LogP contribution in [0, 0.1) is 0 Å². The number of nitrogen functional groups attached to an aromatic ring is 1. The van der Waals surface area contributed by atoms with Gasteiger partial charge >= 0.3 is 0 Å². The van der Waals surface area contributed by atoms with E-state index >= 15 is 0 Å². The minimum Gasteiger partial charge on any atom is -0.507 e. The second-order valence-corrected chi connectivity index (χ2v) is 8.11. The average molecular weight is 465 g/mol. The quantitative estimate of drug-likeness (QED) is 0.247. The molecule has 3 aromatic carbocycles. The maximum absolute atomic E-state index is 13.2. The lowest BCUT2D eigenvalue weighted by Gasteiger charge is -2.06. The van der Waals surface area contributed by atoms with Crippen LogP contribution in [0.4, 0.5) is 5.82 Å². The van der Waals surface area contributed by atoms with Gasteiger partial charge < -0.3 is 16.2 Å². The van der Waals surface area contributed by atoms with Gasteiger partial charge in [-0.3, -0.25) is 4.79 Å². The van der Waals surface area contributed by atoms with Crippen molar-refractivity contribution in [2.24, 2.45) is 5.10 Å². The number of carbonyl (C=O) groups is 1. The number of phenolic OH excluding ortho intramolecular Hbond substituents is 1. The third-order valence-corrected chi connectivity index (χ3v) is 5.72. The molecule has 5 aromatic rings. The first-order chi connectivity index (χ1) is 17.1. The van der Waals surface area contributed by atoms with E-state index in [2.05, 4.69) is 32.5 Å². The number of carbonyl (C=O) groups excluding carboxylic acids is 1. The molecule has 35 heavy (non-hydrogen) atoms. The van der Waals surface area contributed by atoms with Crippen molar-refractivity contribution in [3.63, 3.8) is 0 Å². The number of aromatic hydroxyl groups is 1. The zero-order chi connectivity index (χ0) is 24.2. The van der Waals surface area contributed by atoms with E-state index in [4.69, 9.17) is 5.73 Å². The third-order valence-electron chi connectivity index (χ3n) is 5.72. The second-order valence-electron chi connectivity index (χ2n) is 8.11. The van der Waals surface area contributed by atoms with Crippen LogP contribution < -0.4 is 11.1 Å². The summed E-state index contributed by atoms with van der Waals surface area (Å²) in [6, 6.07) is 24.3. The van der Waals surface area contributed by atoms with E-state index in [1.165, 1.54) is 16.5 Å². The monoisotopic (exact) mass is 464 g/mol. The number of aryl methyl sites for hydroxylation is 1. The molecule has 0 radical (unpaired) electrons. The number of nitrogens with one attached hydrogen (secondary N) is 1. The number of aromatic nitrogens is 3. The highest BCUT2D eigenvalue weighted by Gasteiger charge is 2.24. The number of phenols is 1. The number of nitrogens with zero attached hydrogens (tertiary/aromatic N) is 4. The Morgan fingerprint density at radius 2 is 1.66 bits per heavy atom. The molecule has 1 amide bonds. The van der Waals surface area contributed by atoms with Gasteiger partial charge in [0.05, 0.1) is 17.2 Å². The summed E-state index contributed by atoms with van der Waals surface area (Å²) in [6.45, 7) is 0.488. The molecule has 0 aliphatic rings. The Hall–Kier alpha value is -4.72. The van der Waals surface area contributed by atoms with Crippen LogP contribution in [0.15, 0.2) is 84.0 Å². The normalized spacial score (nSPS) is 11.4. The highest BCUT2D eigenvalue weighted by molar-refractivity contribution is 6.10. The van der Waals surface area contributed by atoms with E-state index in [0.717, 1.165) is 12.8 Å². The standard InChI is InChI=1S/C27H24N6O2/c28-25-23(27(35)29-16-8-11-18-9-2-1-3-10-18)24-26(32-21-14-6-5-13-20(21)31-24)33(25)30-17-19-12-4-7-15-22(19)34/h1-7,9-10,12-15,17,34H,8,11,16,28H2,(H,29,35)/b30-17+. The summed E-state index contributed by atoms with van der Waals surface area (Å²) in [5.41, 5.74) is 10.4. The molecule has 0 bridgehead atoms. The molecule has 174 valence electrons. The molecular formula is C27H24N6O2. The highest BCUT2D eigenvalue weighted by Crippen LogP contribution is 2.28. The van der Waals surface area contributed by atoms with Crippen LogP contribution in [0.1, 0.15) is 27.9 Å². The number of rotatable bonds is 7. The van der Waals surface area contributed by atoms with Gasteiger partial charge in [-0.2, -0.15) is 9.78 Å². The minimum absolute atomic E-state index is 0.0826. The van der Waals surface area contributed by atoms with Gasteiger partial charge in [0, 0.05) is 12.1 Å². The van der Waals surface area contributed by atoms with E-state index in [1.54, 1.807) is 24.3 Å². The van der Waals surface area contributed by atoms with Crippen molar-refractivity contribution in [2.45, 2.75) is 12.8 Å². The van der Waals surface area contributed by atoms with Gasteiger partial charge in [0.1, 0.15) is 22.6 Å². The summed E-state index contributed by atoms with van der Waals surface area (Å²) in [5, 5.41) is 17.5. The first-order valence-corrected chi connectivity index (χ1v) is 11.3. The third kappa shape index (κ3) is 4.54. The highest BCUT2D eigenvalue weighted by atomic mass is 16.3. The van der Waals surface area contributed by atoms with Gasteiger partial charge in [0.25, 0.3) is 5.91 Å². The van der Waals surface area contributed by atoms with Gasteiger partial charge in [-0.15, -0.1) is 0 Å². The van der Waals surface area contributed by atoms with Crippen LogP contribution in [0.25, 0.3) is 22.2 Å². The van der Waals surface area contributed by atoms with Crippen LogP contribution in [-0.2, 0) is 6.42 Å². The topological polar surface area (TPSA) is 118 Å². The zero-order valence-electron chi connectivity index (χ0n) is 18.9. The predicted molar refractivity (Wildman–Crippen MR) is 138 cm³/mol. The molecule has 8 nitrogen and oxygen atoms in total. The number of para-hydroxylation sites is 3. The fraction of sp³-hybridized carbons (Fsp3) is 0.111. The van der Waals surface area contributed by atoms with Crippen molar-refractivity contribution in [1.82, 2.24) is 20.0 Å². The molecule has 0 aliphatic carbocycles. The molecule has 2 aromatic heterocycles. The molecule has 0 atom stereocenters. The predicted octanol–water partition coefficient (Wildman–Crippen LogP) is 4.12. The van der Waals surface area contributed by atoms with Crippen LogP contribution in [0.5, 0.6) is 5.75 Å². The summed E-state index contributed by atoms with van der Waals surface area (Å²) >= 11 is 0. The number of fused-ring (bicyclic) bond motifs is 2. The van der Waals surface area contributed by atoms with Crippen molar-refractivity contribution in [1.29, 1.82) is 0 Å². The number of amides is 1. The number of hydrogen-bond donors (Lipinski definition) is 3. The molecule has 2 heterocycles. The molecule has 8 heteroatoms. The summed E-state index contributed by atoms with van der Waals surface area (Å²) in [4.78, 5) is 22.6. The van der Waals surface area contributed by atoms with E-state index in [-0.39, 0.29) is 23.0 Å². The van der Waals surface area contributed by atoms with Crippen LogP contribution in [0.2, 0.25) is 0 Å². The number of anilines is 1. The van der Waals surface area contributed by atoms with Crippen molar-refractivity contribution >= 4 is 40.1 Å². The van der Waals surface area contributed by atoms with E-state index in [9.17, 15) is 9.90 Å². The summed E-state index contributed by atoms with van der Waals surface area (Å²) in [6.07, 6.45) is 3.12. The Labute approximate surface area is 201 Å². The lowest BCUT2D eigenvalue weighted by atomic mass is 10.1. The number of benzene rings is 3. The Morgan fingerprint density at radius 1 is 0.971 bits per heavy atom. The van der Waals surface area contributed by atoms with E-state index in [1.807, 2.05) is 42.5 Å². The number of hydrogen-bond acceptors (Lipinski definition) is 6. The lowest BCUT2D eigenvalue weighted by Crippen LogP contribution is -2.25. The molecule has 0 fully saturated rings. The minimum atomic E-state index is -0.332. The first-order valence-electron chi connectivity index (χ1n) is 11.3. The maximum atomic E-state index is 13.2. The Kier molecular flexibility index (Phi) is 6.09. The van der Waals surface area contributed by atoms with Crippen molar-refractivity contribution < 1.29 is 9.90 Å². The van der Waals surface area contributed by atoms with Gasteiger partial charge in [0.15, 0.2) is 5.65 Å². The van der Waals surface area contributed by atoms with Gasteiger partial charge in [0.2, 0.25) is 0 Å². The fourth-order valence-electron chi connectivity index (χ4n) is 3.93. The van der Waals surface area contributed by atoms with Crippen molar-refractivity contribution in [2.75, 3.05) is 12.3 Å². The first kappa shape index (κ1) is 22.1.